The van der Waals surface area contributed by atoms with Crippen LogP contribution < -0.4 is 21.4 Å². The predicted octanol–water partition coefficient (Wildman–Crippen LogP) is 0.445. The van der Waals surface area contributed by atoms with Gasteiger partial charge >= 0.3 is 0 Å². The fourth-order valence-corrected chi connectivity index (χ4v) is 4.44. The van der Waals surface area contributed by atoms with Crippen LogP contribution in [0.15, 0.2) is 0 Å². The lowest BCUT2D eigenvalue weighted by Gasteiger charge is -2.34. The van der Waals surface area contributed by atoms with E-state index in [2.05, 4.69) is 40.2 Å². The molecule has 3 fully saturated rings. The quantitative estimate of drug-likeness (QED) is 0.471. The maximum absolute atomic E-state index is 5.98. The lowest BCUT2D eigenvalue weighted by atomic mass is 9.92. The van der Waals surface area contributed by atoms with Crippen molar-refractivity contribution in [1.82, 2.24) is 26.3 Å². The monoisotopic (exact) mass is 355 g/mol. The molecule has 3 heterocycles. The van der Waals surface area contributed by atoms with Crippen LogP contribution in [0.3, 0.4) is 0 Å². The van der Waals surface area contributed by atoms with E-state index in [4.69, 9.17) is 9.57 Å². The van der Waals surface area contributed by atoms with Crippen LogP contribution in [0.25, 0.3) is 0 Å². The summed E-state index contributed by atoms with van der Waals surface area (Å²) in [4.78, 5) is 8.59. The SMILES string of the molecule is COCCNC1CC(C2NOC(C3CCCN3CC(C)C)N2)CCN1. The van der Waals surface area contributed by atoms with Crippen LogP contribution in [0.2, 0.25) is 0 Å². The van der Waals surface area contributed by atoms with E-state index in [9.17, 15) is 0 Å². The standard InChI is InChI=1S/C18H37N5O2/c1-13(2)12-23-9-4-5-15(23)18-21-17(22-25-18)14-6-7-19-16(11-14)20-8-10-24-3/h13-22H,4-12H2,1-3H3. The van der Waals surface area contributed by atoms with Crippen molar-refractivity contribution in [2.24, 2.45) is 11.8 Å². The van der Waals surface area contributed by atoms with Gasteiger partial charge in [-0.2, -0.15) is 5.48 Å². The number of rotatable bonds is 8. The van der Waals surface area contributed by atoms with E-state index in [1.807, 2.05) is 0 Å². The molecule has 3 saturated heterocycles. The third-order valence-corrected chi connectivity index (χ3v) is 5.64. The van der Waals surface area contributed by atoms with Crippen LogP contribution in [0.4, 0.5) is 0 Å². The van der Waals surface area contributed by atoms with E-state index in [-0.39, 0.29) is 12.4 Å². The number of nitrogens with zero attached hydrogens (tertiary/aromatic N) is 1. The van der Waals surface area contributed by atoms with Gasteiger partial charge in [-0.1, -0.05) is 13.8 Å². The van der Waals surface area contributed by atoms with E-state index < -0.39 is 0 Å². The molecule has 0 radical (unpaired) electrons. The Morgan fingerprint density at radius 1 is 1.32 bits per heavy atom. The van der Waals surface area contributed by atoms with Crippen molar-refractivity contribution in [3.05, 3.63) is 0 Å². The second-order valence-electron chi connectivity index (χ2n) is 8.14. The zero-order valence-corrected chi connectivity index (χ0v) is 16.1. The molecule has 7 heteroatoms. The zero-order valence-electron chi connectivity index (χ0n) is 16.1. The Hall–Kier alpha value is -0.280. The van der Waals surface area contributed by atoms with Crippen molar-refractivity contribution < 1.29 is 9.57 Å². The van der Waals surface area contributed by atoms with Gasteiger partial charge in [-0.3, -0.25) is 20.4 Å². The Morgan fingerprint density at radius 2 is 2.20 bits per heavy atom. The highest BCUT2D eigenvalue weighted by Crippen LogP contribution is 2.26. The average Bonchev–Trinajstić information content (AvgIpc) is 3.24. The van der Waals surface area contributed by atoms with Gasteiger partial charge in [0, 0.05) is 20.2 Å². The third-order valence-electron chi connectivity index (χ3n) is 5.64. The van der Waals surface area contributed by atoms with Gasteiger partial charge in [-0.15, -0.1) is 0 Å². The van der Waals surface area contributed by atoms with E-state index in [1.54, 1.807) is 7.11 Å². The summed E-state index contributed by atoms with van der Waals surface area (Å²) < 4.78 is 5.13. The third kappa shape index (κ3) is 5.35. The largest absolute Gasteiger partial charge is 0.383 e. The lowest BCUT2D eigenvalue weighted by molar-refractivity contribution is -0.0256. The molecule has 7 nitrogen and oxygen atoms in total. The summed E-state index contributed by atoms with van der Waals surface area (Å²) in [5, 5.41) is 10.8. The summed E-state index contributed by atoms with van der Waals surface area (Å²) in [6.07, 6.45) is 5.50. The molecule has 3 aliphatic heterocycles. The maximum Gasteiger partial charge on any atom is 0.146 e. The Balaban J connectivity index is 1.47. The van der Waals surface area contributed by atoms with Gasteiger partial charge in [-0.05, 0) is 50.6 Å². The highest BCUT2D eigenvalue weighted by atomic mass is 16.7. The van der Waals surface area contributed by atoms with Crippen molar-refractivity contribution >= 4 is 0 Å². The molecular weight excluding hydrogens is 318 g/mol. The zero-order chi connectivity index (χ0) is 17.6. The Kier molecular flexibility index (Phi) is 7.48. The van der Waals surface area contributed by atoms with Crippen LogP contribution in [0, 0.1) is 11.8 Å². The molecule has 5 unspecified atom stereocenters. The average molecular weight is 356 g/mol. The van der Waals surface area contributed by atoms with Gasteiger partial charge in [0.05, 0.1) is 25.0 Å². The molecule has 0 saturated carbocycles. The molecule has 0 aromatic rings. The van der Waals surface area contributed by atoms with Crippen LogP contribution >= 0.6 is 0 Å². The van der Waals surface area contributed by atoms with Gasteiger partial charge in [-0.25, -0.2) is 0 Å². The number of likely N-dealkylation sites (tertiary alicyclic amines) is 1. The van der Waals surface area contributed by atoms with Crippen LogP contribution in [-0.4, -0.2) is 69.4 Å². The topological polar surface area (TPSA) is 69.8 Å². The first-order valence-corrected chi connectivity index (χ1v) is 10.0. The van der Waals surface area contributed by atoms with Gasteiger partial charge in [0.15, 0.2) is 0 Å². The second kappa shape index (κ2) is 9.60. The molecule has 3 rings (SSSR count). The Bertz CT molecular complexity index is 398. The van der Waals surface area contributed by atoms with Crippen LogP contribution in [0.1, 0.15) is 39.5 Å². The van der Waals surface area contributed by atoms with Crippen molar-refractivity contribution in [1.29, 1.82) is 0 Å². The van der Waals surface area contributed by atoms with E-state index in [0.29, 0.717) is 24.0 Å². The minimum atomic E-state index is 0.112. The fourth-order valence-electron chi connectivity index (χ4n) is 4.44. The lowest BCUT2D eigenvalue weighted by Crippen LogP contribution is -2.54. The van der Waals surface area contributed by atoms with Gasteiger partial charge < -0.3 is 10.1 Å². The fraction of sp³-hybridized carbons (Fsp3) is 1.00. The number of ether oxygens (including phenoxy) is 1. The Labute approximate surface area is 152 Å². The highest BCUT2D eigenvalue weighted by molar-refractivity contribution is 4.91. The molecule has 5 atom stereocenters. The number of hydrogen-bond acceptors (Lipinski definition) is 7. The minimum absolute atomic E-state index is 0.112. The predicted molar refractivity (Wildman–Crippen MR) is 98.8 cm³/mol. The highest BCUT2D eigenvalue weighted by Gasteiger charge is 2.40. The summed E-state index contributed by atoms with van der Waals surface area (Å²) in [5.41, 5.74) is 3.30. The number of hydrogen-bond donors (Lipinski definition) is 4. The van der Waals surface area contributed by atoms with Crippen molar-refractivity contribution in [2.45, 2.75) is 64.1 Å². The second-order valence-corrected chi connectivity index (χ2v) is 8.14. The van der Waals surface area contributed by atoms with Gasteiger partial charge in [0.2, 0.25) is 0 Å². The van der Waals surface area contributed by atoms with Gasteiger partial charge in [0.25, 0.3) is 0 Å². The van der Waals surface area contributed by atoms with Crippen molar-refractivity contribution in [2.75, 3.05) is 39.9 Å². The van der Waals surface area contributed by atoms with E-state index in [1.165, 1.54) is 25.8 Å². The number of piperidine rings is 1. The Morgan fingerprint density at radius 3 is 3.00 bits per heavy atom. The number of nitrogens with one attached hydrogen (secondary N) is 4. The van der Waals surface area contributed by atoms with Crippen LogP contribution in [0.5, 0.6) is 0 Å². The first-order chi connectivity index (χ1) is 12.2. The summed E-state index contributed by atoms with van der Waals surface area (Å²) >= 11 is 0. The normalized spacial score (nSPS) is 37.2. The minimum Gasteiger partial charge on any atom is -0.383 e. The van der Waals surface area contributed by atoms with E-state index in [0.717, 1.165) is 32.7 Å². The molecular formula is C18H37N5O2. The molecule has 0 aromatic heterocycles. The summed E-state index contributed by atoms with van der Waals surface area (Å²) in [7, 11) is 1.74. The molecule has 0 amide bonds. The molecule has 146 valence electrons. The molecule has 0 bridgehead atoms. The molecule has 0 aliphatic carbocycles. The molecule has 3 aliphatic rings. The smallest absolute Gasteiger partial charge is 0.146 e. The number of hydroxylamine groups is 1. The first kappa shape index (κ1) is 19.5. The molecule has 4 N–H and O–H groups in total. The van der Waals surface area contributed by atoms with Crippen molar-refractivity contribution in [3.63, 3.8) is 0 Å². The first-order valence-electron chi connectivity index (χ1n) is 10.0. The summed E-state index contributed by atoms with van der Waals surface area (Å²) in [6, 6.07) is 0.497. The molecule has 25 heavy (non-hydrogen) atoms. The molecule has 0 aromatic carbocycles. The summed E-state index contributed by atoms with van der Waals surface area (Å²) in [6.45, 7) is 9.64. The van der Waals surface area contributed by atoms with Crippen LogP contribution in [-0.2, 0) is 9.57 Å². The van der Waals surface area contributed by atoms with Gasteiger partial charge in [0.1, 0.15) is 6.23 Å². The maximum atomic E-state index is 5.98. The summed E-state index contributed by atoms with van der Waals surface area (Å²) in [5.74, 6) is 1.28. The number of methoxy groups -OCH3 is 1. The van der Waals surface area contributed by atoms with E-state index >= 15 is 0 Å². The van der Waals surface area contributed by atoms with Crippen molar-refractivity contribution in [3.8, 4) is 0 Å². The molecule has 0 spiro atoms.